The third kappa shape index (κ3) is 2.97. The molecule has 1 saturated heterocycles. The Morgan fingerprint density at radius 2 is 2.11 bits per heavy atom. The number of aromatic amines is 1. The zero-order valence-electron chi connectivity index (χ0n) is 15.1. The number of aryl methyl sites for hydroxylation is 2. The van der Waals surface area contributed by atoms with Crippen molar-refractivity contribution in [1.29, 1.82) is 0 Å². The van der Waals surface area contributed by atoms with Gasteiger partial charge in [-0.15, -0.1) is 0 Å². The number of hydrogen-bond acceptors (Lipinski definition) is 5. The van der Waals surface area contributed by atoms with Gasteiger partial charge in [0.15, 0.2) is 5.69 Å². The lowest BCUT2D eigenvalue weighted by Gasteiger charge is -2.49. The zero-order chi connectivity index (χ0) is 19.2. The fourth-order valence-electron chi connectivity index (χ4n) is 3.36. The molecular formula is C19H20N4O4. The average molecular weight is 368 g/mol. The van der Waals surface area contributed by atoms with Crippen molar-refractivity contribution < 1.29 is 19.2 Å². The van der Waals surface area contributed by atoms with Crippen LogP contribution in [0, 0.1) is 13.8 Å². The smallest absolute Gasteiger partial charge is 0.276 e. The molecule has 1 aromatic carbocycles. The maximum Gasteiger partial charge on any atom is 0.276 e. The van der Waals surface area contributed by atoms with E-state index in [1.165, 1.54) is 11.2 Å². The summed E-state index contributed by atoms with van der Waals surface area (Å²) in [6.07, 6.45) is 1.41. The molecule has 0 aliphatic carbocycles. The average Bonchev–Trinajstić information content (AvgIpc) is 3.22. The number of hydrogen-bond donors (Lipinski definition) is 3. The lowest BCUT2D eigenvalue weighted by atomic mass is 9.89. The number of H-pyrrole nitrogens is 1. The third-order valence-electron chi connectivity index (χ3n) is 4.93. The van der Waals surface area contributed by atoms with E-state index in [0.717, 1.165) is 16.5 Å². The molecule has 27 heavy (non-hydrogen) atoms. The summed E-state index contributed by atoms with van der Waals surface area (Å²) in [7, 11) is 0. The van der Waals surface area contributed by atoms with Gasteiger partial charge in [0.05, 0.1) is 12.1 Å². The van der Waals surface area contributed by atoms with Gasteiger partial charge in [-0.05, 0) is 31.5 Å². The van der Waals surface area contributed by atoms with Crippen LogP contribution < -0.4 is 5.32 Å². The monoisotopic (exact) mass is 368 g/mol. The third-order valence-corrected chi connectivity index (χ3v) is 4.93. The molecule has 0 unspecified atom stereocenters. The lowest BCUT2D eigenvalue weighted by molar-refractivity contribution is 0.00444. The molecule has 0 saturated carbocycles. The molecule has 0 bridgehead atoms. The van der Waals surface area contributed by atoms with Gasteiger partial charge in [0.25, 0.3) is 11.8 Å². The standard InChI is InChI=1S/C19H20N4O4/c1-11-3-4-13-6-15(20-14(13)5-11)17(25)21-19(10-24)8-23(9-19)18(26)16-12(2)7-27-22-16/h3-7,20,24H,8-10H2,1-2H3,(H,21,25). The summed E-state index contributed by atoms with van der Waals surface area (Å²) in [5.41, 5.74) is 2.43. The number of likely N-dealkylation sites (tertiary alicyclic amines) is 1. The van der Waals surface area contributed by atoms with E-state index in [0.29, 0.717) is 11.3 Å². The zero-order valence-corrected chi connectivity index (χ0v) is 15.1. The number of aliphatic hydroxyl groups excluding tert-OH is 1. The number of benzene rings is 1. The molecule has 2 amide bonds. The van der Waals surface area contributed by atoms with Crippen LogP contribution in [0.25, 0.3) is 10.9 Å². The van der Waals surface area contributed by atoms with E-state index < -0.39 is 5.54 Å². The Morgan fingerprint density at radius 1 is 1.33 bits per heavy atom. The van der Waals surface area contributed by atoms with Crippen molar-refractivity contribution in [2.45, 2.75) is 19.4 Å². The second-order valence-electron chi connectivity index (χ2n) is 7.17. The Labute approximate surface area is 155 Å². The van der Waals surface area contributed by atoms with Gasteiger partial charge in [-0.25, -0.2) is 0 Å². The van der Waals surface area contributed by atoms with E-state index in [1.54, 1.807) is 13.0 Å². The molecule has 8 nitrogen and oxygen atoms in total. The van der Waals surface area contributed by atoms with Crippen LogP contribution in [0.3, 0.4) is 0 Å². The van der Waals surface area contributed by atoms with Gasteiger partial charge in [0.2, 0.25) is 0 Å². The summed E-state index contributed by atoms with van der Waals surface area (Å²) in [6.45, 7) is 3.87. The SMILES string of the molecule is Cc1ccc2cc(C(=O)NC3(CO)CN(C(=O)c4nocc4C)C3)[nH]c2c1. The summed E-state index contributed by atoms with van der Waals surface area (Å²) in [6, 6.07) is 7.67. The number of carbonyl (C=O) groups is 2. The van der Waals surface area contributed by atoms with Crippen molar-refractivity contribution in [3.63, 3.8) is 0 Å². The van der Waals surface area contributed by atoms with Gasteiger partial charge >= 0.3 is 0 Å². The molecule has 2 aromatic heterocycles. The van der Waals surface area contributed by atoms with Crippen LogP contribution in [0.5, 0.6) is 0 Å². The highest BCUT2D eigenvalue weighted by Crippen LogP contribution is 2.25. The first-order valence-electron chi connectivity index (χ1n) is 8.64. The summed E-state index contributed by atoms with van der Waals surface area (Å²) < 4.78 is 4.80. The predicted molar refractivity (Wildman–Crippen MR) is 97.5 cm³/mol. The first kappa shape index (κ1) is 17.3. The van der Waals surface area contributed by atoms with Crippen LogP contribution in [0.15, 0.2) is 35.1 Å². The molecule has 0 radical (unpaired) electrons. The van der Waals surface area contributed by atoms with E-state index in [2.05, 4.69) is 15.5 Å². The largest absolute Gasteiger partial charge is 0.394 e. The van der Waals surface area contributed by atoms with E-state index in [9.17, 15) is 14.7 Å². The number of rotatable bonds is 4. The molecule has 0 spiro atoms. The molecule has 3 heterocycles. The maximum absolute atomic E-state index is 12.6. The molecule has 1 aliphatic rings. The highest BCUT2D eigenvalue weighted by atomic mass is 16.5. The minimum atomic E-state index is -0.863. The Morgan fingerprint density at radius 3 is 2.78 bits per heavy atom. The highest BCUT2D eigenvalue weighted by molar-refractivity contribution is 5.99. The number of amides is 2. The van der Waals surface area contributed by atoms with Crippen molar-refractivity contribution in [2.75, 3.05) is 19.7 Å². The molecule has 140 valence electrons. The van der Waals surface area contributed by atoms with Gasteiger partial charge < -0.3 is 24.8 Å². The first-order valence-corrected chi connectivity index (χ1v) is 8.64. The molecule has 1 aliphatic heterocycles. The minimum absolute atomic E-state index is 0.208. The molecule has 0 atom stereocenters. The highest BCUT2D eigenvalue weighted by Gasteiger charge is 2.47. The van der Waals surface area contributed by atoms with Gasteiger partial charge in [-0.2, -0.15) is 0 Å². The summed E-state index contributed by atoms with van der Waals surface area (Å²) >= 11 is 0. The van der Waals surface area contributed by atoms with E-state index in [-0.39, 0.29) is 37.2 Å². The lowest BCUT2D eigenvalue weighted by Crippen LogP contribution is -2.73. The summed E-state index contributed by atoms with van der Waals surface area (Å²) in [5, 5.41) is 17.3. The van der Waals surface area contributed by atoms with E-state index in [4.69, 9.17) is 4.52 Å². The second-order valence-corrected chi connectivity index (χ2v) is 7.17. The fraction of sp³-hybridized carbons (Fsp3) is 0.316. The molecule has 8 heteroatoms. The second kappa shape index (κ2) is 6.24. The van der Waals surface area contributed by atoms with Crippen LogP contribution in [-0.4, -0.2) is 57.2 Å². The van der Waals surface area contributed by atoms with Crippen molar-refractivity contribution >= 4 is 22.7 Å². The van der Waals surface area contributed by atoms with Crippen molar-refractivity contribution in [3.8, 4) is 0 Å². The van der Waals surface area contributed by atoms with Gasteiger partial charge in [0.1, 0.15) is 12.0 Å². The fourth-order valence-corrected chi connectivity index (χ4v) is 3.36. The predicted octanol–water partition coefficient (Wildman–Crippen LogP) is 1.39. The van der Waals surface area contributed by atoms with Gasteiger partial charge in [-0.1, -0.05) is 17.3 Å². The summed E-state index contributed by atoms with van der Waals surface area (Å²) in [5.74, 6) is -0.594. The molecule has 3 N–H and O–H groups in total. The Bertz CT molecular complexity index is 1030. The molecular weight excluding hydrogens is 348 g/mol. The van der Waals surface area contributed by atoms with E-state index >= 15 is 0 Å². The maximum atomic E-state index is 12.6. The number of nitrogens with one attached hydrogen (secondary N) is 2. The number of nitrogens with zero attached hydrogens (tertiary/aromatic N) is 2. The van der Waals surface area contributed by atoms with Gasteiger partial charge in [-0.3, -0.25) is 9.59 Å². The van der Waals surface area contributed by atoms with Crippen molar-refractivity contribution in [2.24, 2.45) is 0 Å². The molecule has 1 fully saturated rings. The van der Waals surface area contributed by atoms with Crippen LogP contribution >= 0.6 is 0 Å². The van der Waals surface area contributed by atoms with Crippen molar-refractivity contribution in [3.05, 3.63) is 53.0 Å². The van der Waals surface area contributed by atoms with Crippen LogP contribution in [0.2, 0.25) is 0 Å². The van der Waals surface area contributed by atoms with Crippen LogP contribution in [0.1, 0.15) is 32.1 Å². The van der Waals surface area contributed by atoms with Crippen LogP contribution in [-0.2, 0) is 0 Å². The van der Waals surface area contributed by atoms with Gasteiger partial charge in [0, 0.05) is 29.6 Å². The minimum Gasteiger partial charge on any atom is -0.394 e. The van der Waals surface area contributed by atoms with Crippen molar-refractivity contribution in [1.82, 2.24) is 20.4 Å². The number of aromatic nitrogens is 2. The number of fused-ring (bicyclic) bond motifs is 1. The normalized spacial score (nSPS) is 15.6. The Kier molecular flexibility index (Phi) is 4.00. The molecule has 4 rings (SSSR count). The van der Waals surface area contributed by atoms with Crippen LogP contribution in [0.4, 0.5) is 0 Å². The Balaban J connectivity index is 1.46. The first-order chi connectivity index (χ1) is 12.9. The number of carbonyl (C=O) groups excluding carboxylic acids is 2. The topological polar surface area (TPSA) is 111 Å². The quantitative estimate of drug-likeness (QED) is 0.644. The Hall–Kier alpha value is -3.13. The summed E-state index contributed by atoms with van der Waals surface area (Å²) in [4.78, 5) is 29.7. The van der Waals surface area contributed by atoms with E-state index in [1.807, 2.05) is 25.1 Å². The number of aliphatic hydroxyl groups is 1. The molecule has 3 aromatic rings.